The van der Waals surface area contributed by atoms with E-state index in [2.05, 4.69) is 15.1 Å². The van der Waals surface area contributed by atoms with Gasteiger partial charge < -0.3 is 9.64 Å². The lowest BCUT2D eigenvalue weighted by Crippen LogP contribution is -2.42. The number of amides is 1. The molecule has 0 saturated carbocycles. The highest BCUT2D eigenvalue weighted by molar-refractivity contribution is 5.76. The Labute approximate surface area is 187 Å². The molecular weight excluding hydrogens is 409 g/mol. The average molecular weight is 438 g/mol. The summed E-state index contributed by atoms with van der Waals surface area (Å²) in [5, 5.41) is 4.33. The van der Waals surface area contributed by atoms with Gasteiger partial charge in [0.1, 0.15) is 23.6 Å². The second-order valence-corrected chi connectivity index (χ2v) is 8.23. The highest BCUT2D eigenvalue weighted by atomic mass is 19.1. The van der Waals surface area contributed by atoms with Gasteiger partial charge in [-0.3, -0.25) is 9.78 Å². The fourth-order valence-corrected chi connectivity index (χ4v) is 4.11. The first-order valence-electron chi connectivity index (χ1n) is 10.9. The van der Waals surface area contributed by atoms with Crippen molar-refractivity contribution in [3.05, 3.63) is 76.4 Å². The highest BCUT2D eigenvalue weighted by Gasteiger charge is 2.26. The minimum atomic E-state index is -0.283. The zero-order valence-electron chi connectivity index (χ0n) is 18.7. The van der Waals surface area contributed by atoms with Crippen LogP contribution in [0.15, 0.2) is 36.4 Å². The molecule has 7 nitrogen and oxygen atoms in total. The Morgan fingerprint density at radius 3 is 2.75 bits per heavy atom. The summed E-state index contributed by atoms with van der Waals surface area (Å²) in [7, 11) is 0. The second kappa shape index (κ2) is 9.56. The molecule has 2 aromatic heterocycles. The Kier molecular flexibility index (Phi) is 6.60. The molecule has 168 valence electrons. The van der Waals surface area contributed by atoms with Crippen LogP contribution >= 0.6 is 0 Å². The smallest absolute Gasteiger partial charge is 0.224 e. The van der Waals surface area contributed by atoms with E-state index in [0.29, 0.717) is 44.9 Å². The molecule has 0 unspecified atom stereocenters. The number of aryl methyl sites for hydroxylation is 4. The number of rotatable bonds is 6. The van der Waals surface area contributed by atoms with Crippen molar-refractivity contribution in [1.29, 1.82) is 0 Å². The van der Waals surface area contributed by atoms with Crippen LogP contribution in [-0.2, 0) is 22.5 Å². The van der Waals surface area contributed by atoms with Gasteiger partial charge in [-0.2, -0.15) is 5.10 Å². The van der Waals surface area contributed by atoms with Crippen LogP contribution < -0.4 is 0 Å². The molecule has 0 N–H and O–H groups in total. The van der Waals surface area contributed by atoms with Crippen molar-refractivity contribution < 1.29 is 13.9 Å². The van der Waals surface area contributed by atoms with Gasteiger partial charge in [-0.15, -0.1) is 0 Å². The van der Waals surface area contributed by atoms with Crippen LogP contribution in [0.1, 0.15) is 46.7 Å². The number of nitrogens with zero attached hydrogens (tertiary/aromatic N) is 5. The third kappa shape index (κ3) is 5.37. The molecule has 1 aliphatic heterocycles. The van der Waals surface area contributed by atoms with E-state index in [4.69, 9.17) is 4.74 Å². The number of pyridine rings is 1. The van der Waals surface area contributed by atoms with Crippen molar-refractivity contribution >= 4 is 5.91 Å². The number of benzene rings is 1. The number of carbonyl (C=O) groups excluding carboxylic acids is 1. The quantitative estimate of drug-likeness (QED) is 0.592. The van der Waals surface area contributed by atoms with Gasteiger partial charge in [0.15, 0.2) is 0 Å². The van der Waals surface area contributed by atoms with Crippen LogP contribution in [0.5, 0.6) is 0 Å². The predicted octanol–water partition coefficient (Wildman–Crippen LogP) is 3.32. The summed E-state index contributed by atoms with van der Waals surface area (Å²) in [6.45, 7) is 7.67. The zero-order chi connectivity index (χ0) is 22.7. The summed E-state index contributed by atoms with van der Waals surface area (Å²) in [6.07, 6.45) is 0.692. The van der Waals surface area contributed by atoms with E-state index >= 15 is 0 Å². The van der Waals surface area contributed by atoms with Crippen LogP contribution in [0.25, 0.3) is 0 Å². The second-order valence-electron chi connectivity index (χ2n) is 8.23. The topological polar surface area (TPSA) is 73.1 Å². The Bertz CT molecular complexity index is 1110. The lowest BCUT2D eigenvalue weighted by molar-refractivity contribution is -0.139. The molecule has 1 atom stereocenters. The fourth-order valence-electron chi connectivity index (χ4n) is 4.11. The molecule has 4 rings (SSSR count). The molecule has 1 aliphatic rings. The van der Waals surface area contributed by atoms with Crippen LogP contribution in [-0.4, -0.2) is 50.3 Å². The van der Waals surface area contributed by atoms with Crippen molar-refractivity contribution in [2.75, 3.05) is 19.7 Å². The average Bonchev–Trinajstić information content (AvgIpc) is 3.08. The first kappa shape index (κ1) is 22.1. The molecule has 1 fully saturated rings. The van der Waals surface area contributed by atoms with Gasteiger partial charge in [0.25, 0.3) is 0 Å². The molecule has 8 heteroatoms. The Balaban J connectivity index is 1.42. The predicted molar refractivity (Wildman–Crippen MR) is 118 cm³/mol. The molecule has 0 bridgehead atoms. The van der Waals surface area contributed by atoms with Gasteiger partial charge >= 0.3 is 0 Å². The maximum Gasteiger partial charge on any atom is 0.224 e. The number of carbonyl (C=O) groups is 1. The van der Waals surface area contributed by atoms with Crippen LogP contribution in [0, 0.1) is 26.6 Å². The van der Waals surface area contributed by atoms with Crippen LogP contribution in [0.4, 0.5) is 4.39 Å². The lowest BCUT2D eigenvalue weighted by atomic mass is 10.0. The summed E-state index contributed by atoms with van der Waals surface area (Å²) in [4.78, 5) is 23.6. The molecule has 0 spiro atoms. The zero-order valence-corrected chi connectivity index (χ0v) is 18.7. The van der Waals surface area contributed by atoms with E-state index in [0.717, 1.165) is 28.3 Å². The van der Waals surface area contributed by atoms with E-state index in [1.807, 2.05) is 43.9 Å². The van der Waals surface area contributed by atoms with Crippen LogP contribution in [0.3, 0.4) is 0 Å². The molecule has 1 saturated heterocycles. The lowest BCUT2D eigenvalue weighted by Gasteiger charge is -2.33. The fraction of sp³-hybridized carbons (Fsp3) is 0.417. The molecule has 0 radical (unpaired) electrons. The van der Waals surface area contributed by atoms with Crippen molar-refractivity contribution in [3.8, 4) is 0 Å². The number of halogens is 1. The van der Waals surface area contributed by atoms with Gasteiger partial charge in [0.2, 0.25) is 5.91 Å². The van der Waals surface area contributed by atoms with E-state index < -0.39 is 0 Å². The SMILES string of the molecule is Cc1cc(Cc2cccc(F)c2)cc([C@@H]2CN(C(=O)CCn3nc(C)nc3C)CCO2)n1. The molecule has 32 heavy (non-hydrogen) atoms. The van der Waals surface area contributed by atoms with Crippen molar-refractivity contribution in [2.24, 2.45) is 0 Å². The molecule has 0 aliphatic carbocycles. The van der Waals surface area contributed by atoms with Gasteiger partial charge in [-0.05, 0) is 62.6 Å². The van der Waals surface area contributed by atoms with Gasteiger partial charge in [0.05, 0.1) is 25.4 Å². The summed E-state index contributed by atoms with van der Waals surface area (Å²) in [6, 6.07) is 10.6. The van der Waals surface area contributed by atoms with Crippen molar-refractivity contribution in [3.63, 3.8) is 0 Å². The van der Waals surface area contributed by atoms with E-state index in [1.165, 1.54) is 6.07 Å². The first-order chi connectivity index (χ1) is 15.4. The monoisotopic (exact) mass is 437 g/mol. The van der Waals surface area contributed by atoms with Crippen molar-refractivity contribution in [1.82, 2.24) is 24.6 Å². The summed E-state index contributed by atoms with van der Waals surface area (Å²) >= 11 is 0. The Morgan fingerprint density at radius 1 is 1.16 bits per heavy atom. The van der Waals surface area contributed by atoms with E-state index in [9.17, 15) is 9.18 Å². The van der Waals surface area contributed by atoms with Gasteiger partial charge in [-0.25, -0.2) is 14.1 Å². The normalized spacial score (nSPS) is 16.4. The highest BCUT2D eigenvalue weighted by Crippen LogP contribution is 2.24. The van der Waals surface area contributed by atoms with E-state index in [1.54, 1.807) is 16.8 Å². The number of aromatic nitrogens is 4. The molecule has 3 aromatic rings. The summed E-state index contributed by atoms with van der Waals surface area (Å²) in [5.41, 5.74) is 3.62. The third-order valence-electron chi connectivity index (χ3n) is 5.58. The van der Waals surface area contributed by atoms with Gasteiger partial charge in [0, 0.05) is 18.7 Å². The largest absolute Gasteiger partial charge is 0.368 e. The standard InChI is InChI=1S/C24H28FN5O2/c1-16-11-20(12-19-5-4-6-21(25)13-19)14-22(26-16)23-15-29(9-10-32-23)24(31)7-8-30-18(3)27-17(2)28-30/h4-6,11,13-14,23H,7-10,12,15H2,1-3H3/t23-/m0/s1. The number of morpholine rings is 1. The van der Waals surface area contributed by atoms with E-state index in [-0.39, 0.29) is 17.8 Å². The third-order valence-corrected chi connectivity index (χ3v) is 5.58. The molecular formula is C24H28FN5O2. The maximum atomic E-state index is 13.6. The number of hydrogen-bond donors (Lipinski definition) is 0. The maximum absolute atomic E-state index is 13.6. The van der Waals surface area contributed by atoms with Crippen LogP contribution in [0.2, 0.25) is 0 Å². The summed E-state index contributed by atoms with van der Waals surface area (Å²) < 4.78 is 21.3. The van der Waals surface area contributed by atoms with Crippen molar-refractivity contribution in [2.45, 2.75) is 46.3 Å². The van der Waals surface area contributed by atoms with Gasteiger partial charge in [-0.1, -0.05) is 12.1 Å². The minimum Gasteiger partial charge on any atom is -0.368 e. The molecule has 1 aromatic carbocycles. The summed E-state index contributed by atoms with van der Waals surface area (Å²) in [5.74, 6) is 1.35. The minimum absolute atomic E-state index is 0.0680. The Morgan fingerprint density at radius 2 is 2.00 bits per heavy atom. The molecule has 3 heterocycles. The molecule has 1 amide bonds. The first-order valence-corrected chi connectivity index (χ1v) is 10.9. The number of ether oxygens (including phenoxy) is 1. The Hall–Kier alpha value is -3.13. The number of hydrogen-bond acceptors (Lipinski definition) is 5.